The molecular weight excluding hydrogens is 210 g/mol. The van der Waals surface area contributed by atoms with Crippen molar-refractivity contribution in [2.45, 2.75) is 24.8 Å². The first-order valence-electron chi connectivity index (χ1n) is 5.58. The second-order valence-corrected chi connectivity index (χ2v) is 4.34. The average Bonchev–Trinajstić information content (AvgIpc) is 2.47. The van der Waals surface area contributed by atoms with Crippen LogP contribution in [0.25, 0.3) is 0 Å². The first-order chi connectivity index (χ1) is 7.68. The lowest BCUT2D eigenvalue weighted by molar-refractivity contribution is 0.478. The van der Waals surface area contributed by atoms with Gasteiger partial charge in [0.25, 0.3) is 0 Å². The highest BCUT2D eigenvalue weighted by Gasteiger charge is 2.21. The van der Waals surface area contributed by atoms with Crippen LogP contribution in [0.3, 0.4) is 0 Å². The highest BCUT2D eigenvalue weighted by atomic mass is 19.2. The second-order valence-electron chi connectivity index (χ2n) is 4.34. The fraction of sp³-hybridized carbons (Fsp3) is 0.500. The Balaban J connectivity index is 2.20. The second kappa shape index (κ2) is 4.89. The van der Waals surface area contributed by atoms with Crippen molar-refractivity contribution in [1.29, 1.82) is 0 Å². The molecule has 0 radical (unpaired) electrons. The molecule has 88 valence electrons. The number of halogens is 2. The zero-order valence-corrected chi connectivity index (χ0v) is 9.05. The van der Waals surface area contributed by atoms with Crippen LogP contribution in [0, 0.1) is 11.6 Å². The lowest BCUT2D eigenvalue weighted by Gasteiger charge is -2.15. The van der Waals surface area contributed by atoms with Crippen molar-refractivity contribution >= 4 is 0 Å². The molecule has 1 aromatic carbocycles. The van der Waals surface area contributed by atoms with Crippen molar-refractivity contribution in [3.8, 4) is 0 Å². The van der Waals surface area contributed by atoms with Crippen molar-refractivity contribution < 1.29 is 8.78 Å². The standard InChI is InChI=1S/C12H16F2N2/c13-11-3-1-2-10(12(11)14)8-4-5-9(15)7-16-6-8/h1-3,8-9,16H,4-7,15H2/t8-,9-/m1/s1. The van der Waals surface area contributed by atoms with Crippen LogP contribution < -0.4 is 11.1 Å². The largest absolute Gasteiger partial charge is 0.327 e. The molecule has 0 amide bonds. The summed E-state index contributed by atoms with van der Waals surface area (Å²) >= 11 is 0. The van der Waals surface area contributed by atoms with E-state index in [1.165, 1.54) is 0 Å². The van der Waals surface area contributed by atoms with E-state index in [9.17, 15) is 8.78 Å². The van der Waals surface area contributed by atoms with Gasteiger partial charge in [-0.25, -0.2) is 8.78 Å². The maximum Gasteiger partial charge on any atom is 0.162 e. The Bertz CT molecular complexity index is 368. The number of nitrogens with two attached hydrogens (primary N) is 1. The van der Waals surface area contributed by atoms with Crippen molar-refractivity contribution in [2.75, 3.05) is 13.1 Å². The Morgan fingerprint density at radius 3 is 2.81 bits per heavy atom. The molecule has 3 N–H and O–H groups in total. The molecule has 0 saturated carbocycles. The molecule has 1 aliphatic rings. The van der Waals surface area contributed by atoms with Gasteiger partial charge in [-0.1, -0.05) is 12.1 Å². The Hall–Kier alpha value is -1.00. The highest BCUT2D eigenvalue weighted by Crippen LogP contribution is 2.26. The predicted octanol–water partition coefficient (Wildman–Crippen LogP) is 1.76. The minimum atomic E-state index is -0.772. The zero-order chi connectivity index (χ0) is 11.5. The van der Waals surface area contributed by atoms with E-state index in [2.05, 4.69) is 5.32 Å². The van der Waals surface area contributed by atoms with Gasteiger partial charge >= 0.3 is 0 Å². The van der Waals surface area contributed by atoms with Gasteiger partial charge in [0.15, 0.2) is 11.6 Å². The third kappa shape index (κ3) is 2.39. The molecule has 2 nitrogen and oxygen atoms in total. The molecule has 1 aliphatic heterocycles. The molecule has 1 fully saturated rings. The monoisotopic (exact) mass is 226 g/mol. The summed E-state index contributed by atoms with van der Waals surface area (Å²) in [6.45, 7) is 1.40. The van der Waals surface area contributed by atoms with Crippen molar-refractivity contribution in [1.82, 2.24) is 5.32 Å². The number of benzene rings is 1. The highest BCUT2D eigenvalue weighted by molar-refractivity contribution is 5.23. The fourth-order valence-corrected chi connectivity index (χ4v) is 2.16. The van der Waals surface area contributed by atoms with E-state index < -0.39 is 11.6 Å². The van der Waals surface area contributed by atoms with Gasteiger partial charge in [-0.05, 0) is 30.4 Å². The van der Waals surface area contributed by atoms with Crippen LogP contribution >= 0.6 is 0 Å². The van der Waals surface area contributed by atoms with E-state index in [0.717, 1.165) is 25.5 Å². The van der Waals surface area contributed by atoms with Crippen LogP contribution in [0.1, 0.15) is 24.3 Å². The molecule has 0 spiro atoms. The molecule has 1 saturated heterocycles. The van der Waals surface area contributed by atoms with Gasteiger partial charge in [0.1, 0.15) is 0 Å². The maximum absolute atomic E-state index is 13.6. The zero-order valence-electron chi connectivity index (χ0n) is 9.05. The summed E-state index contributed by atoms with van der Waals surface area (Å²) in [5.41, 5.74) is 6.27. The van der Waals surface area contributed by atoms with Gasteiger partial charge in [-0.15, -0.1) is 0 Å². The van der Waals surface area contributed by atoms with Gasteiger partial charge in [0.2, 0.25) is 0 Å². The molecule has 1 heterocycles. The summed E-state index contributed by atoms with van der Waals surface area (Å²) in [4.78, 5) is 0. The van der Waals surface area contributed by atoms with Gasteiger partial charge < -0.3 is 11.1 Å². The van der Waals surface area contributed by atoms with Gasteiger partial charge in [0.05, 0.1) is 0 Å². The van der Waals surface area contributed by atoms with E-state index in [1.54, 1.807) is 12.1 Å². The number of nitrogens with one attached hydrogen (secondary N) is 1. The summed E-state index contributed by atoms with van der Waals surface area (Å²) in [7, 11) is 0. The molecular formula is C12H16F2N2. The van der Waals surface area contributed by atoms with Crippen LogP contribution in [-0.2, 0) is 0 Å². The van der Waals surface area contributed by atoms with Crippen molar-refractivity contribution in [2.24, 2.45) is 5.73 Å². The SMILES string of the molecule is N[C@@H]1CC[C@@H](c2cccc(F)c2F)CNC1. The fourth-order valence-electron chi connectivity index (χ4n) is 2.16. The minimum absolute atomic E-state index is 0.0178. The van der Waals surface area contributed by atoms with Crippen LogP contribution in [0.15, 0.2) is 18.2 Å². The number of rotatable bonds is 1. The molecule has 0 aliphatic carbocycles. The molecule has 16 heavy (non-hydrogen) atoms. The van der Waals surface area contributed by atoms with Crippen LogP contribution in [0.4, 0.5) is 8.78 Å². The van der Waals surface area contributed by atoms with E-state index in [-0.39, 0.29) is 12.0 Å². The summed E-state index contributed by atoms with van der Waals surface area (Å²) in [6, 6.07) is 4.47. The maximum atomic E-state index is 13.6. The Kier molecular flexibility index (Phi) is 3.51. The quantitative estimate of drug-likeness (QED) is 0.765. The minimum Gasteiger partial charge on any atom is -0.327 e. The molecule has 0 unspecified atom stereocenters. The van der Waals surface area contributed by atoms with Gasteiger partial charge in [-0.3, -0.25) is 0 Å². The molecule has 0 bridgehead atoms. The molecule has 0 aromatic heterocycles. The first kappa shape index (κ1) is 11.5. The first-order valence-corrected chi connectivity index (χ1v) is 5.58. The number of hydrogen-bond acceptors (Lipinski definition) is 2. The average molecular weight is 226 g/mol. The van der Waals surface area contributed by atoms with E-state index in [0.29, 0.717) is 12.1 Å². The molecule has 2 atom stereocenters. The van der Waals surface area contributed by atoms with Crippen LogP contribution in [-0.4, -0.2) is 19.1 Å². The summed E-state index contributed by atoms with van der Waals surface area (Å²) in [6.07, 6.45) is 1.64. The lowest BCUT2D eigenvalue weighted by atomic mass is 9.93. The third-order valence-electron chi connectivity index (χ3n) is 3.10. The Morgan fingerprint density at radius 1 is 1.19 bits per heavy atom. The summed E-state index contributed by atoms with van der Waals surface area (Å²) < 4.78 is 26.7. The summed E-state index contributed by atoms with van der Waals surface area (Å²) in [5, 5.41) is 3.18. The van der Waals surface area contributed by atoms with Crippen LogP contribution in [0.2, 0.25) is 0 Å². The van der Waals surface area contributed by atoms with E-state index in [1.807, 2.05) is 0 Å². The molecule has 1 aromatic rings. The topological polar surface area (TPSA) is 38.0 Å². The third-order valence-corrected chi connectivity index (χ3v) is 3.10. The Labute approximate surface area is 93.8 Å². The smallest absolute Gasteiger partial charge is 0.162 e. The van der Waals surface area contributed by atoms with Gasteiger partial charge in [0, 0.05) is 19.1 Å². The van der Waals surface area contributed by atoms with E-state index in [4.69, 9.17) is 5.73 Å². The Morgan fingerprint density at radius 2 is 2.00 bits per heavy atom. The summed E-state index contributed by atoms with van der Waals surface area (Å²) in [5.74, 6) is -1.47. The lowest BCUT2D eigenvalue weighted by Crippen LogP contribution is -2.31. The number of hydrogen-bond donors (Lipinski definition) is 2. The van der Waals surface area contributed by atoms with Crippen LogP contribution in [0.5, 0.6) is 0 Å². The van der Waals surface area contributed by atoms with Crippen molar-refractivity contribution in [3.05, 3.63) is 35.4 Å². The van der Waals surface area contributed by atoms with Crippen molar-refractivity contribution in [3.63, 3.8) is 0 Å². The molecule has 2 rings (SSSR count). The van der Waals surface area contributed by atoms with E-state index >= 15 is 0 Å². The molecule has 4 heteroatoms. The predicted molar refractivity (Wildman–Crippen MR) is 59.2 cm³/mol. The van der Waals surface area contributed by atoms with Gasteiger partial charge in [-0.2, -0.15) is 0 Å². The normalized spacial score (nSPS) is 26.4.